The third-order valence-corrected chi connectivity index (χ3v) is 6.64. The van der Waals surface area contributed by atoms with E-state index in [0.29, 0.717) is 69.7 Å². The molecule has 220 valence electrons. The standard InChI is InChI=1S/C28H30Cl2N8O4/c1-28(2,3)42-27(39)32-9-8-31-26-24-17(16(12-33-26)15-10-20(40-4)21(41-5)11-18(15)29)13-38(37-24)14-23-34-19-6-7-22(30)35-25(19)36-23/h6-7,10-13H,8-9,14H2,1-5H3,(H,31,33)(H,32,39)(H,34,35,36). The number of benzene rings is 1. The second-order valence-corrected chi connectivity index (χ2v) is 11.1. The highest BCUT2D eigenvalue weighted by molar-refractivity contribution is 6.34. The average molecular weight is 614 g/mol. The number of nitrogens with one attached hydrogen (secondary N) is 3. The van der Waals surface area contributed by atoms with Gasteiger partial charge in [0.05, 0.1) is 31.3 Å². The zero-order valence-corrected chi connectivity index (χ0v) is 25.2. The molecule has 4 aromatic heterocycles. The van der Waals surface area contributed by atoms with Gasteiger partial charge in [-0.2, -0.15) is 5.10 Å². The van der Waals surface area contributed by atoms with Gasteiger partial charge in [-0.3, -0.25) is 4.68 Å². The highest BCUT2D eigenvalue weighted by Gasteiger charge is 2.19. The second kappa shape index (κ2) is 11.9. The Labute approximate surface area is 251 Å². The number of aromatic nitrogens is 6. The second-order valence-electron chi connectivity index (χ2n) is 10.3. The smallest absolute Gasteiger partial charge is 0.407 e. The Balaban J connectivity index is 1.48. The van der Waals surface area contributed by atoms with Gasteiger partial charge in [0.15, 0.2) is 23.0 Å². The van der Waals surface area contributed by atoms with Gasteiger partial charge < -0.3 is 29.8 Å². The number of carbonyl (C=O) groups excluding carboxylic acids is 1. The maximum atomic E-state index is 12.0. The fourth-order valence-corrected chi connectivity index (χ4v) is 4.74. The van der Waals surface area contributed by atoms with Crippen LogP contribution in [0.25, 0.3) is 33.2 Å². The summed E-state index contributed by atoms with van der Waals surface area (Å²) >= 11 is 12.7. The number of H-pyrrole nitrogens is 1. The molecule has 0 radical (unpaired) electrons. The van der Waals surface area contributed by atoms with E-state index in [1.807, 2.05) is 39.1 Å². The van der Waals surface area contributed by atoms with Gasteiger partial charge in [0.1, 0.15) is 22.1 Å². The number of hydrogen-bond acceptors (Lipinski definition) is 9. The van der Waals surface area contributed by atoms with Crippen molar-refractivity contribution in [1.29, 1.82) is 0 Å². The van der Waals surface area contributed by atoms with Crippen molar-refractivity contribution in [3.8, 4) is 22.6 Å². The van der Waals surface area contributed by atoms with Gasteiger partial charge in [-0.25, -0.2) is 19.7 Å². The lowest BCUT2D eigenvalue weighted by Gasteiger charge is -2.19. The van der Waals surface area contributed by atoms with Crippen LogP contribution in [0, 0.1) is 0 Å². The topological polar surface area (TPSA) is 141 Å². The highest BCUT2D eigenvalue weighted by Crippen LogP contribution is 2.41. The first-order valence-electron chi connectivity index (χ1n) is 13.0. The number of amides is 1. The Hall–Kier alpha value is -4.29. The number of anilines is 1. The van der Waals surface area contributed by atoms with Crippen LogP contribution in [0.3, 0.4) is 0 Å². The number of aromatic amines is 1. The van der Waals surface area contributed by atoms with E-state index in [0.717, 1.165) is 16.5 Å². The van der Waals surface area contributed by atoms with Crippen LogP contribution >= 0.6 is 23.2 Å². The summed E-state index contributed by atoms with van der Waals surface area (Å²) in [4.78, 5) is 28.8. The third-order valence-electron chi connectivity index (χ3n) is 6.12. The van der Waals surface area contributed by atoms with Gasteiger partial charge in [-0.15, -0.1) is 0 Å². The van der Waals surface area contributed by atoms with Crippen molar-refractivity contribution in [3.05, 3.63) is 52.7 Å². The van der Waals surface area contributed by atoms with Crippen molar-refractivity contribution < 1.29 is 19.0 Å². The van der Waals surface area contributed by atoms with E-state index < -0.39 is 11.7 Å². The number of rotatable bonds is 9. The van der Waals surface area contributed by atoms with Crippen molar-refractivity contribution in [1.82, 2.24) is 35.0 Å². The van der Waals surface area contributed by atoms with Gasteiger partial charge >= 0.3 is 6.09 Å². The lowest BCUT2D eigenvalue weighted by atomic mass is 10.0. The molecule has 0 spiro atoms. The van der Waals surface area contributed by atoms with Gasteiger partial charge in [-0.1, -0.05) is 23.2 Å². The number of pyridine rings is 2. The molecule has 4 heterocycles. The molecule has 0 atom stereocenters. The average Bonchev–Trinajstić information content (AvgIpc) is 3.53. The van der Waals surface area contributed by atoms with Crippen LogP contribution in [0.5, 0.6) is 11.5 Å². The van der Waals surface area contributed by atoms with Gasteiger partial charge in [-0.05, 0) is 39.0 Å². The lowest BCUT2D eigenvalue weighted by Crippen LogP contribution is -2.35. The minimum Gasteiger partial charge on any atom is -0.493 e. The molecule has 0 saturated carbocycles. The van der Waals surface area contributed by atoms with Crippen LogP contribution < -0.4 is 20.1 Å². The molecule has 0 aliphatic rings. The van der Waals surface area contributed by atoms with Crippen LogP contribution in [-0.4, -0.2) is 68.7 Å². The maximum Gasteiger partial charge on any atom is 0.407 e. The minimum absolute atomic E-state index is 0.316. The minimum atomic E-state index is -0.582. The monoisotopic (exact) mass is 612 g/mol. The van der Waals surface area contributed by atoms with E-state index in [1.54, 1.807) is 37.2 Å². The van der Waals surface area contributed by atoms with Gasteiger partial charge in [0, 0.05) is 48.1 Å². The molecule has 0 aliphatic heterocycles. The number of methoxy groups -OCH3 is 2. The van der Waals surface area contributed by atoms with E-state index in [4.69, 9.17) is 42.5 Å². The van der Waals surface area contributed by atoms with E-state index in [2.05, 4.69) is 30.6 Å². The predicted octanol–water partition coefficient (Wildman–Crippen LogP) is 5.68. The number of hydrogen-bond donors (Lipinski definition) is 3. The van der Waals surface area contributed by atoms with Crippen LogP contribution in [0.4, 0.5) is 10.6 Å². The summed E-state index contributed by atoms with van der Waals surface area (Å²) in [7, 11) is 3.12. The number of halogens is 2. The molecule has 0 unspecified atom stereocenters. The Morgan fingerprint density at radius 2 is 1.81 bits per heavy atom. The first-order valence-corrected chi connectivity index (χ1v) is 13.8. The van der Waals surface area contributed by atoms with Crippen molar-refractivity contribution in [2.24, 2.45) is 0 Å². The number of carbonyl (C=O) groups is 1. The third kappa shape index (κ3) is 6.44. The molecule has 0 saturated heterocycles. The van der Waals surface area contributed by atoms with E-state index >= 15 is 0 Å². The van der Waals surface area contributed by atoms with E-state index in [-0.39, 0.29) is 0 Å². The summed E-state index contributed by atoms with van der Waals surface area (Å²) in [5, 5.41) is 12.4. The fourth-order valence-electron chi connectivity index (χ4n) is 4.35. The molecule has 5 aromatic rings. The number of fused-ring (bicyclic) bond motifs is 2. The summed E-state index contributed by atoms with van der Waals surface area (Å²) in [6, 6.07) is 7.04. The van der Waals surface area contributed by atoms with Crippen LogP contribution in [0.2, 0.25) is 10.2 Å². The highest BCUT2D eigenvalue weighted by atomic mass is 35.5. The number of ether oxygens (including phenoxy) is 3. The normalized spacial score (nSPS) is 11.6. The molecule has 14 heteroatoms. The zero-order chi connectivity index (χ0) is 30.0. The quantitative estimate of drug-likeness (QED) is 0.141. The summed E-state index contributed by atoms with van der Waals surface area (Å²) in [5.41, 5.74) is 2.76. The van der Waals surface area contributed by atoms with E-state index in [1.165, 1.54) is 0 Å². The summed E-state index contributed by atoms with van der Waals surface area (Å²) in [6.07, 6.45) is 3.13. The SMILES string of the molecule is COc1cc(Cl)c(-c2cnc(NCCNC(=O)OC(C)(C)C)c3nn(Cc4nc5nc(Cl)ccc5[nH]4)cc23)cc1OC. The Kier molecular flexibility index (Phi) is 8.28. The van der Waals surface area contributed by atoms with Gasteiger partial charge in [0.25, 0.3) is 0 Å². The Morgan fingerprint density at radius 3 is 2.55 bits per heavy atom. The van der Waals surface area contributed by atoms with Crippen molar-refractivity contribution >= 4 is 57.2 Å². The molecule has 0 aliphatic carbocycles. The summed E-state index contributed by atoms with van der Waals surface area (Å²) < 4.78 is 18.0. The van der Waals surface area contributed by atoms with Crippen LogP contribution in [-0.2, 0) is 11.3 Å². The fraction of sp³-hybridized carbons (Fsp3) is 0.321. The molecular formula is C28H30Cl2N8O4. The molecule has 0 bridgehead atoms. The van der Waals surface area contributed by atoms with Crippen LogP contribution in [0.15, 0.2) is 36.7 Å². The number of alkyl carbamates (subject to hydrolysis) is 1. The molecule has 0 fully saturated rings. The number of imidazole rings is 1. The first-order chi connectivity index (χ1) is 20.0. The van der Waals surface area contributed by atoms with Crippen molar-refractivity contribution in [2.45, 2.75) is 32.9 Å². The molecular weight excluding hydrogens is 583 g/mol. The maximum absolute atomic E-state index is 12.0. The Bertz CT molecular complexity index is 1760. The zero-order valence-electron chi connectivity index (χ0n) is 23.7. The number of nitrogens with zero attached hydrogens (tertiary/aromatic N) is 5. The van der Waals surface area contributed by atoms with E-state index in [9.17, 15) is 4.79 Å². The molecule has 1 amide bonds. The summed E-state index contributed by atoms with van der Waals surface area (Å²) in [6.45, 7) is 6.47. The van der Waals surface area contributed by atoms with Gasteiger partial charge in [0.2, 0.25) is 0 Å². The molecule has 12 nitrogen and oxygen atoms in total. The molecule has 3 N–H and O–H groups in total. The van der Waals surface area contributed by atoms with Crippen molar-refractivity contribution in [2.75, 3.05) is 32.6 Å². The molecule has 42 heavy (non-hydrogen) atoms. The lowest BCUT2D eigenvalue weighted by molar-refractivity contribution is 0.0530. The molecule has 5 rings (SSSR count). The summed E-state index contributed by atoms with van der Waals surface area (Å²) in [5.74, 6) is 2.23. The molecule has 1 aromatic carbocycles. The largest absolute Gasteiger partial charge is 0.493 e. The Morgan fingerprint density at radius 1 is 1.05 bits per heavy atom. The predicted molar refractivity (Wildman–Crippen MR) is 162 cm³/mol. The van der Waals surface area contributed by atoms with Crippen molar-refractivity contribution in [3.63, 3.8) is 0 Å². The first kappa shape index (κ1) is 29.2. The van der Waals surface area contributed by atoms with Crippen LogP contribution in [0.1, 0.15) is 26.6 Å².